The first kappa shape index (κ1) is 9.30. The molecule has 5 nitrogen and oxygen atoms in total. The zero-order chi connectivity index (χ0) is 9.35. The van der Waals surface area contributed by atoms with Crippen molar-refractivity contribution in [1.82, 2.24) is 3.97 Å². The van der Waals surface area contributed by atoms with Crippen molar-refractivity contribution in [2.75, 3.05) is 6.26 Å². The molecule has 0 unspecified atom stereocenters. The predicted octanol–water partition coefficient (Wildman–Crippen LogP) is -2.02. The van der Waals surface area contributed by atoms with Gasteiger partial charge in [0.1, 0.15) is 0 Å². The molecule has 0 bridgehead atoms. The van der Waals surface area contributed by atoms with Crippen molar-refractivity contribution in [2.45, 2.75) is 0 Å². The molecular formula is C5H8BNO4S. The van der Waals surface area contributed by atoms with Crippen LogP contribution in [0, 0.1) is 0 Å². The fourth-order valence-electron chi connectivity index (χ4n) is 0.881. The van der Waals surface area contributed by atoms with Gasteiger partial charge in [-0.2, -0.15) is 0 Å². The van der Waals surface area contributed by atoms with E-state index >= 15 is 0 Å². The first-order valence-corrected chi connectivity index (χ1v) is 5.01. The highest BCUT2D eigenvalue weighted by molar-refractivity contribution is 7.89. The van der Waals surface area contributed by atoms with E-state index in [0.717, 1.165) is 10.2 Å². The third-order valence-electron chi connectivity index (χ3n) is 1.36. The predicted molar refractivity (Wildman–Crippen MR) is 44.5 cm³/mol. The molecule has 0 aliphatic heterocycles. The number of hydrogen-bond acceptors (Lipinski definition) is 4. The van der Waals surface area contributed by atoms with Gasteiger partial charge >= 0.3 is 7.12 Å². The summed E-state index contributed by atoms with van der Waals surface area (Å²) in [6.45, 7) is 0. The molecule has 0 saturated heterocycles. The Hall–Kier alpha value is -0.785. The number of rotatable bonds is 2. The van der Waals surface area contributed by atoms with Gasteiger partial charge in [0, 0.05) is 6.20 Å². The van der Waals surface area contributed by atoms with Crippen LogP contribution in [0.5, 0.6) is 0 Å². The van der Waals surface area contributed by atoms with Crippen molar-refractivity contribution in [3.05, 3.63) is 18.3 Å². The molecule has 0 aliphatic rings. The van der Waals surface area contributed by atoms with Crippen LogP contribution in [-0.2, 0) is 10.0 Å². The normalized spacial score (nSPS) is 11.6. The van der Waals surface area contributed by atoms with E-state index in [1.807, 2.05) is 0 Å². The number of nitrogens with zero attached hydrogens (tertiary/aromatic N) is 1. The van der Waals surface area contributed by atoms with Gasteiger partial charge in [0.25, 0.3) is 0 Å². The summed E-state index contributed by atoms with van der Waals surface area (Å²) in [5.74, 6) is 0. The van der Waals surface area contributed by atoms with Crippen LogP contribution >= 0.6 is 0 Å². The van der Waals surface area contributed by atoms with E-state index in [0.29, 0.717) is 0 Å². The standard InChI is InChI=1S/C5H8BNO4S/c1-12(10,11)7-4-2-3-5(7)6(8)9/h2-4,8-9H,1H3. The molecule has 66 valence electrons. The van der Waals surface area contributed by atoms with Gasteiger partial charge in [-0.05, 0) is 12.1 Å². The Morgan fingerprint density at radius 3 is 2.42 bits per heavy atom. The third kappa shape index (κ3) is 1.68. The van der Waals surface area contributed by atoms with Crippen molar-refractivity contribution < 1.29 is 18.5 Å². The van der Waals surface area contributed by atoms with Crippen LogP contribution in [-0.4, -0.2) is 35.8 Å². The van der Waals surface area contributed by atoms with Crippen LogP contribution < -0.4 is 5.59 Å². The van der Waals surface area contributed by atoms with Crippen LogP contribution in [0.3, 0.4) is 0 Å². The van der Waals surface area contributed by atoms with Crippen LogP contribution in [0.2, 0.25) is 0 Å². The Balaban J connectivity index is 3.26. The summed E-state index contributed by atoms with van der Waals surface area (Å²) in [7, 11) is -5.21. The van der Waals surface area contributed by atoms with E-state index in [9.17, 15) is 8.42 Å². The minimum Gasteiger partial charge on any atom is -0.422 e. The highest BCUT2D eigenvalue weighted by Crippen LogP contribution is 1.93. The Morgan fingerprint density at radius 1 is 1.50 bits per heavy atom. The molecule has 0 spiro atoms. The summed E-state index contributed by atoms with van der Waals surface area (Å²) in [5.41, 5.74) is -0.0579. The third-order valence-corrected chi connectivity index (χ3v) is 2.41. The second-order valence-corrected chi connectivity index (χ2v) is 4.22. The second-order valence-electron chi connectivity index (χ2n) is 2.37. The highest BCUT2D eigenvalue weighted by Gasteiger charge is 2.19. The minimum absolute atomic E-state index is 0.0579. The first-order valence-electron chi connectivity index (χ1n) is 3.17. The van der Waals surface area contributed by atoms with Crippen LogP contribution in [0.4, 0.5) is 0 Å². The molecule has 7 heteroatoms. The quantitative estimate of drug-likeness (QED) is 0.526. The molecule has 0 aromatic carbocycles. The van der Waals surface area contributed by atoms with Crippen molar-refractivity contribution in [1.29, 1.82) is 0 Å². The molecule has 0 aliphatic carbocycles. The van der Waals surface area contributed by atoms with E-state index in [1.165, 1.54) is 18.3 Å². The molecular weight excluding hydrogens is 181 g/mol. The van der Waals surface area contributed by atoms with Crippen molar-refractivity contribution in [2.24, 2.45) is 0 Å². The average Bonchev–Trinajstić information content (AvgIpc) is 2.30. The molecule has 1 heterocycles. The molecule has 0 amide bonds. The van der Waals surface area contributed by atoms with Gasteiger partial charge in [-0.1, -0.05) is 0 Å². The van der Waals surface area contributed by atoms with Crippen molar-refractivity contribution >= 4 is 22.7 Å². The lowest BCUT2D eigenvalue weighted by Crippen LogP contribution is -2.38. The van der Waals surface area contributed by atoms with E-state index in [2.05, 4.69) is 0 Å². The maximum Gasteiger partial charge on any atom is 0.507 e. The summed E-state index contributed by atoms with van der Waals surface area (Å²) in [6.07, 6.45) is 2.24. The van der Waals surface area contributed by atoms with Crippen LogP contribution in [0.25, 0.3) is 0 Å². The van der Waals surface area contributed by atoms with Gasteiger partial charge in [-0.3, -0.25) is 3.97 Å². The van der Waals surface area contributed by atoms with E-state index in [4.69, 9.17) is 10.0 Å². The minimum atomic E-state index is -3.44. The van der Waals surface area contributed by atoms with Crippen LogP contribution in [0.1, 0.15) is 0 Å². The Labute approximate surface area is 70.5 Å². The summed E-state index contributed by atoms with van der Waals surface area (Å²) in [5, 5.41) is 17.5. The maximum atomic E-state index is 11.0. The molecule has 0 saturated carbocycles. The summed E-state index contributed by atoms with van der Waals surface area (Å²) >= 11 is 0. The lowest BCUT2D eigenvalue weighted by atomic mass is 9.87. The SMILES string of the molecule is CS(=O)(=O)n1cccc1B(O)O. The smallest absolute Gasteiger partial charge is 0.422 e. The van der Waals surface area contributed by atoms with E-state index in [1.54, 1.807) is 0 Å². The Bertz CT molecular complexity index is 369. The van der Waals surface area contributed by atoms with Gasteiger partial charge in [0.05, 0.1) is 11.8 Å². The Kier molecular flexibility index (Phi) is 2.27. The van der Waals surface area contributed by atoms with Crippen LogP contribution in [0.15, 0.2) is 18.3 Å². The highest BCUT2D eigenvalue weighted by atomic mass is 32.2. The number of aromatic nitrogens is 1. The number of hydrogen-bond donors (Lipinski definition) is 2. The fraction of sp³-hybridized carbons (Fsp3) is 0.200. The zero-order valence-corrected chi connectivity index (χ0v) is 7.19. The lowest BCUT2D eigenvalue weighted by Gasteiger charge is -2.04. The van der Waals surface area contributed by atoms with E-state index < -0.39 is 17.1 Å². The van der Waals surface area contributed by atoms with Gasteiger partial charge in [-0.15, -0.1) is 0 Å². The Morgan fingerprint density at radius 2 is 2.08 bits per heavy atom. The summed E-state index contributed by atoms with van der Waals surface area (Å²) < 4.78 is 22.7. The first-order chi connectivity index (χ1) is 5.43. The molecule has 2 N–H and O–H groups in total. The van der Waals surface area contributed by atoms with Crippen molar-refractivity contribution in [3.63, 3.8) is 0 Å². The molecule has 1 aromatic heterocycles. The molecule has 1 rings (SSSR count). The van der Waals surface area contributed by atoms with Gasteiger partial charge in [-0.25, -0.2) is 8.42 Å². The lowest BCUT2D eigenvalue weighted by molar-refractivity contribution is 0.423. The van der Waals surface area contributed by atoms with Gasteiger partial charge < -0.3 is 10.0 Å². The average molecular weight is 189 g/mol. The molecule has 12 heavy (non-hydrogen) atoms. The summed E-state index contributed by atoms with van der Waals surface area (Å²) in [6, 6.07) is 2.75. The van der Waals surface area contributed by atoms with E-state index in [-0.39, 0.29) is 5.59 Å². The molecule has 1 aromatic rings. The second kappa shape index (κ2) is 2.93. The van der Waals surface area contributed by atoms with Gasteiger partial charge in [0.2, 0.25) is 10.0 Å². The summed E-state index contributed by atoms with van der Waals surface area (Å²) in [4.78, 5) is 0. The monoisotopic (exact) mass is 189 g/mol. The van der Waals surface area contributed by atoms with Gasteiger partial charge in [0.15, 0.2) is 0 Å². The largest absolute Gasteiger partial charge is 0.507 e. The topological polar surface area (TPSA) is 79.5 Å². The fourth-order valence-corrected chi connectivity index (χ4v) is 1.71. The molecule has 0 fully saturated rings. The van der Waals surface area contributed by atoms with Crippen molar-refractivity contribution in [3.8, 4) is 0 Å². The maximum absolute atomic E-state index is 11.0. The molecule has 0 atom stereocenters. The zero-order valence-electron chi connectivity index (χ0n) is 6.38. The molecule has 0 radical (unpaired) electrons.